The van der Waals surface area contributed by atoms with Crippen LogP contribution in [0.25, 0.3) is 0 Å². The van der Waals surface area contributed by atoms with E-state index in [0.717, 1.165) is 24.3 Å². The van der Waals surface area contributed by atoms with Gasteiger partial charge in [0.2, 0.25) is 0 Å². The summed E-state index contributed by atoms with van der Waals surface area (Å²) in [7, 11) is 0. The van der Waals surface area contributed by atoms with Gasteiger partial charge in [-0.05, 0) is 62.4 Å². The normalized spacial score (nSPS) is 17.7. The summed E-state index contributed by atoms with van der Waals surface area (Å²) in [6.45, 7) is 5.80. The van der Waals surface area contributed by atoms with Gasteiger partial charge in [-0.3, -0.25) is 0 Å². The Morgan fingerprint density at radius 2 is 2.05 bits per heavy atom. The number of hydrogen-bond acceptors (Lipinski definition) is 2. The first-order chi connectivity index (χ1) is 10.2. The van der Waals surface area contributed by atoms with Crippen molar-refractivity contribution in [1.29, 1.82) is 0 Å². The molecule has 1 saturated carbocycles. The molecule has 118 valence electrons. The Bertz CT molecular complexity index is 429. The van der Waals surface area contributed by atoms with Crippen molar-refractivity contribution in [2.75, 3.05) is 13.2 Å². The third kappa shape index (κ3) is 4.99. The van der Waals surface area contributed by atoms with Crippen LogP contribution in [0.5, 0.6) is 5.75 Å². The van der Waals surface area contributed by atoms with Crippen LogP contribution in [0.15, 0.2) is 18.2 Å². The fourth-order valence-electron chi connectivity index (χ4n) is 3.18. The summed E-state index contributed by atoms with van der Waals surface area (Å²) in [6.07, 6.45) is 7.78. The van der Waals surface area contributed by atoms with Gasteiger partial charge in [0.05, 0.1) is 0 Å². The molecule has 2 rings (SSSR count). The van der Waals surface area contributed by atoms with Crippen LogP contribution >= 0.6 is 0 Å². The summed E-state index contributed by atoms with van der Waals surface area (Å²) in [4.78, 5) is 0. The summed E-state index contributed by atoms with van der Waals surface area (Å²) < 4.78 is 19.1. The van der Waals surface area contributed by atoms with E-state index in [1.807, 2.05) is 6.92 Å². The van der Waals surface area contributed by atoms with Gasteiger partial charge in [0.1, 0.15) is 18.2 Å². The van der Waals surface area contributed by atoms with E-state index in [4.69, 9.17) is 4.74 Å². The molecule has 0 heterocycles. The standard InChI is InChI=1S/C18H28FNO/c1-3-11-20-17(15-7-5-4-6-8-15)13-21-18-10-9-16(19)12-14(18)2/h9-10,12,15,17,20H,3-8,11,13H2,1-2H3. The van der Waals surface area contributed by atoms with Crippen molar-refractivity contribution < 1.29 is 9.13 Å². The SMILES string of the molecule is CCCNC(COc1ccc(F)cc1C)C1CCCCC1. The average molecular weight is 293 g/mol. The smallest absolute Gasteiger partial charge is 0.123 e. The molecular weight excluding hydrogens is 265 g/mol. The topological polar surface area (TPSA) is 21.3 Å². The van der Waals surface area contributed by atoms with Crippen LogP contribution in [0.2, 0.25) is 0 Å². The van der Waals surface area contributed by atoms with Gasteiger partial charge in [0.15, 0.2) is 0 Å². The van der Waals surface area contributed by atoms with Crippen molar-refractivity contribution in [1.82, 2.24) is 5.32 Å². The summed E-state index contributed by atoms with van der Waals surface area (Å²) in [6, 6.07) is 5.15. The van der Waals surface area contributed by atoms with Gasteiger partial charge in [0.25, 0.3) is 0 Å². The molecule has 1 N–H and O–H groups in total. The van der Waals surface area contributed by atoms with Gasteiger partial charge in [0, 0.05) is 6.04 Å². The number of nitrogens with one attached hydrogen (secondary N) is 1. The quantitative estimate of drug-likeness (QED) is 0.801. The highest BCUT2D eigenvalue weighted by molar-refractivity contribution is 5.32. The van der Waals surface area contributed by atoms with Crippen LogP contribution in [-0.4, -0.2) is 19.2 Å². The first-order valence-corrected chi connectivity index (χ1v) is 8.33. The molecule has 1 unspecified atom stereocenters. The number of rotatable bonds is 7. The van der Waals surface area contributed by atoms with Crippen molar-refractivity contribution >= 4 is 0 Å². The number of halogens is 1. The molecule has 1 aliphatic rings. The minimum absolute atomic E-state index is 0.201. The van der Waals surface area contributed by atoms with E-state index in [1.54, 1.807) is 6.07 Å². The summed E-state index contributed by atoms with van der Waals surface area (Å²) in [5, 5.41) is 3.64. The minimum Gasteiger partial charge on any atom is -0.492 e. The maximum Gasteiger partial charge on any atom is 0.123 e. The van der Waals surface area contributed by atoms with Crippen molar-refractivity contribution in [3.63, 3.8) is 0 Å². The zero-order chi connectivity index (χ0) is 15.1. The molecule has 0 spiro atoms. The molecule has 1 fully saturated rings. The minimum atomic E-state index is -0.201. The Balaban J connectivity index is 1.93. The van der Waals surface area contributed by atoms with E-state index >= 15 is 0 Å². The number of aryl methyl sites for hydroxylation is 1. The molecule has 21 heavy (non-hydrogen) atoms. The lowest BCUT2D eigenvalue weighted by molar-refractivity contribution is 0.185. The van der Waals surface area contributed by atoms with Gasteiger partial charge >= 0.3 is 0 Å². The van der Waals surface area contributed by atoms with Crippen LogP contribution < -0.4 is 10.1 Å². The molecule has 1 atom stereocenters. The summed E-state index contributed by atoms with van der Waals surface area (Å²) in [5.74, 6) is 1.31. The third-order valence-electron chi connectivity index (χ3n) is 4.43. The van der Waals surface area contributed by atoms with Gasteiger partial charge < -0.3 is 10.1 Å². The molecule has 1 aromatic carbocycles. The van der Waals surface area contributed by atoms with Crippen molar-refractivity contribution in [3.8, 4) is 5.75 Å². The number of benzene rings is 1. The van der Waals surface area contributed by atoms with Crippen LogP contribution in [0.4, 0.5) is 4.39 Å². The maximum atomic E-state index is 13.1. The van der Waals surface area contributed by atoms with E-state index in [9.17, 15) is 4.39 Å². The lowest BCUT2D eigenvalue weighted by Gasteiger charge is -2.31. The van der Waals surface area contributed by atoms with Crippen LogP contribution in [-0.2, 0) is 0 Å². The van der Waals surface area contributed by atoms with Gasteiger partial charge in [-0.25, -0.2) is 4.39 Å². The van der Waals surface area contributed by atoms with Crippen molar-refractivity contribution in [2.24, 2.45) is 5.92 Å². The largest absolute Gasteiger partial charge is 0.492 e. The average Bonchev–Trinajstić information content (AvgIpc) is 2.50. The number of hydrogen-bond donors (Lipinski definition) is 1. The predicted molar refractivity (Wildman–Crippen MR) is 85.3 cm³/mol. The summed E-state index contributed by atoms with van der Waals surface area (Å²) >= 11 is 0. The van der Waals surface area contributed by atoms with Crippen LogP contribution in [0, 0.1) is 18.7 Å². The Morgan fingerprint density at radius 3 is 2.71 bits per heavy atom. The second kappa shape index (κ2) is 8.38. The van der Waals surface area contributed by atoms with Crippen molar-refractivity contribution in [2.45, 2.75) is 58.4 Å². The lowest BCUT2D eigenvalue weighted by Crippen LogP contribution is -2.42. The highest BCUT2D eigenvalue weighted by Crippen LogP contribution is 2.27. The Labute approximate surface area is 128 Å². The van der Waals surface area contributed by atoms with Gasteiger partial charge in [-0.15, -0.1) is 0 Å². The fraction of sp³-hybridized carbons (Fsp3) is 0.667. The molecule has 2 nitrogen and oxygen atoms in total. The predicted octanol–water partition coefficient (Wildman–Crippen LogP) is 4.46. The van der Waals surface area contributed by atoms with E-state index in [2.05, 4.69) is 12.2 Å². The summed E-state index contributed by atoms with van der Waals surface area (Å²) in [5.41, 5.74) is 0.868. The lowest BCUT2D eigenvalue weighted by atomic mass is 9.84. The Hall–Kier alpha value is -1.09. The molecule has 0 bridgehead atoms. The molecular formula is C18H28FNO. The molecule has 0 amide bonds. The van der Waals surface area contributed by atoms with E-state index in [1.165, 1.54) is 44.2 Å². The second-order valence-corrected chi connectivity index (χ2v) is 6.18. The van der Waals surface area contributed by atoms with Crippen LogP contribution in [0.3, 0.4) is 0 Å². The Kier molecular flexibility index (Phi) is 6.50. The van der Waals surface area contributed by atoms with Gasteiger partial charge in [-0.1, -0.05) is 26.2 Å². The molecule has 0 saturated heterocycles. The van der Waals surface area contributed by atoms with Crippen molar-refractivity contribution in [3.05, 3.63) is 29.6 Å². The molecule has 0 aromatic heterocycles. The first kappa shape index (κ1) is 16.3. The molecule has 1 aromatic rings. The fourth-order valence-corrected chi connectivity index (χ4v) is 3.18. The van der Waals surface area contributed by atoms with E-state index < -0.39 is 0 Å². The third-order valence-corrected chi connectivity index (χ3v) is 4.43. The highest BCUT2D eigenvalue weighted by Gasteiger charge is 2.23. The molecule has 3 heteroatoms. The van der Waals surface area contributed by atoms with E-state index in [-0.39, 0.29) is 5.82 Å². The number of ether oxygens (including phenoxy) is 1. The monoisotopic (exact) mass is 293 g/mol. The second-order valence-electron chi connectivity index (χ2n) is 6.18. The molecule has 0 aliphatic heterocycles. The Morgan fingerprint density at radius 1 is 1.29 bits per heavy atom. The molecule has 1 aliphatic carbocycles. The maximum absolute atomic E-state index is 13.1. The van der Waals surface area contributed by atoms with E-state index in [0.29, 0.717) is 18.6 Å². The molecule has 0 radical (unpaired) electrons. The van der Waals surface area contributed by atoms with Gasteiger partial charge in [-0.2, -0.15) is 0 Å². The van der Waals surface area contributed by atoms with Crippen LogP contribution in [0.1, 0.15) is 51.0 Å². The zero-order valence-electron chi connectivity index (χ0n) is 13.3. The highest BCUT2D eigenvalue weighted by atomic mass is 19.1. The first-order valence-electron chi connectivity index (χ1n) is 8.33. The zero-order valence-corrected chi connectivity index (χ0v) is 13.3.